The van der Waals surface area contributed by atoms with Gasteiger partial charge in [0.25, 0.3) is 0 Å². The fourth-order valence-corrected chi connectivity index (χ4v) is 1.60. The molecular weight excluding hydrogens is 204 g/mol. The third-order valence-corrected chi connectivity index (χ3v) is 3.52. The smallest absolute Gasteiger partial charge is 0.123 e. The molecule has 0 spiro atoms. The van der Waals surface area contributed by atoms with Crippen LogP contribution in [0.1, 0.15) is 0 Å². The molecule has 0 aliphatic carbocycles. The second-order valence-corrected chi connectivity index (χ2v) is 10.2. The zero-order valence-electron chi connectivity index (χ0n) is 9.99. The first kappa shape index (κ1) is 14.1. The van der Waals surface area contributed by atoms with Crippen LogP contribution in [0.3, 0.4) is 0 Å². The van der Waals surface area contributed by atoms with Gasteiger partial charge in [0.15, 0.2) is 0 Å². The number of nitrogens with one attached hydrogen (secondary N) is 1. The average Bonchev–Trinajstić information content (AvgIpc) is 2.15. The molecule has 0 aromatic heterocycles. The van der Waals surface area contributed by atoms with Crippen molar-refractivity contribution in [3.8, 4) is 0 Å². The van der Waals surface area contributed by atoms with Gasteiger partial charge >= 0.3 is 0 Å². The van der Waals surface area contributed by atoms with Crippen molar-refractivity contribution in [2.75, 3.05) is 13.3 Å². The van der Waals surface area contributed by atoms with Crippen LogP contribution < -0.4 is 0 Å². The second-order valence-electron chi connectivity index (χ2n) is 4.57. The van der Waals surface area contributed by atoms with Crippen LogP contribution in [0.4, 0.5) is 0 Å². The van der Waals surface area contributed by atoms with E-state index < -0.39 is 8.07 Å². The van der Waals surface area contributed by atoms with Gasteiger partial charge in [0.05, 0.1) is 6.34 Å². The van der Waals surface area contributed by atoms with Gasteiger partial charge in [0.2, 0.25) is 0 Å². The van der Waals surface area contributed by atoms with Crippen LogP contribution in [0.25, 0.3) is 0 Å². The lowest BCUT2D eigenvalue weighted by Crippen LogP contribution is -2.24. The second kappa shape index (κ2) is 7.42. The summed E-state index contributed by atoms with van der Waals surface area (Å²) in [6.07, 6.45) is 6.48. The summed E-state index contributed by atoms with van der Waals surface area (Å²) in [5.74, 6) is 0. The number of nitrogens with zero attached hydrogens (tertiary/aromatic N) is 1. The van der Waals surface area contributed by atoms with E-state index in [0.29, 0.717) is 6.73 Å². The van der Waals surface area contributed by atoms with E-state index in [2.05, 4.69) is 26.2 Å². The van der Waals surface area contributed by atoms with E-state index in [4.69, 9.17) is 10.1 Å². The Morgan fingerprint density at radius 3 is 2.53 bits per heavy atom. The number of hydrogen-bond acceptors (Lipinski definition) is 2. The fourth-order valence-electron chi connectivity index (χ4n) is 0.843. The van der Waals surface area contributed by atoms with E-state index in [1.165, 1.54) is 6.34 Å². The van der Waals surface area contributed by atoms with Gasteiger partial charge in [-0.2, -0.15) is 0 Å². The predicted octanol–water partition coefficient (Wildman–Crippen LogP) is 2.91. The van der Waals surface area contributed by atoms with Crippen molar-refractivity contribution in [1.29, 1.82) is 5.41 Å². The number of rotatable bonds is 8. The molecule has 0 saturated carbocycles. The Balaban J connectivity index is 3.68. The van der Waals surface area contributed by atoms with Crippen molar-refractivity contribution in [3.05, 3.63) is 24.9 Å². The summed E-state index contributed by atoms with van der Waals surface area (Å²) >= 11 is 0. The Kier molecular flexibility index (Phi) is 6.99. The molecule has 0 aliphatic heterocycles. The summed E-state index contributed by atoms with van der Waals surface area (Å²) in [7, 11) is -1.000. The van der Waals surface area contributed by atoms with Crippen LogP contribution in [0.15, 0.2) is 24.9 Å². The summed E-state index contributed by atoms with van der Waals surface area (Å²) in [6, 6.07) is 1.16. The Morgan fingerprint density at radius 1 is 1.40 bits per heavy atom. The van der Waals surface area contributed by atoms with Gasteiger partial charge in [0.1, 0.15) is 6.73 Å². The predicted molar refractivity (Wildman–Crippen MR) is 68.9 cm³/mol. The molecule has 0 atom stereocenters. The maximum absolute atomic E-state index is 7.14. The minimum absolute atomic E-state index is 0.443. The third kappa shape index (κ3) is 9.43. The summed E-state index contributed by atoms with van der Waals surface area (Å²) < 4.78 is 5.48. The van der Waals surface area contributed by atoms with Gasteiger partial charge in [-0.05, 0) is 12.1 Å². The van der Waals surface area contributed by atoms with E-state index in [9.17, 15) is 0 Å². The maximum Gasteiger partial charge on any atom is 0.123 e. The molecule has 0 radical (unpaired) electrons. The molecule has 0 rings (SSSR count). The summed E-state index contributed by atoms with van der Waals surface area (Å²) in [4.78, 5) is 1.67. The standard InChI is InChI=1S/C11H22N2OSi/c1-5-6-7-13(10-12)11-14-8-9-15(2,3)4/h5-7,10,12H,1,8-9,11H2,2-4H3/b7-6+,12-10?. The Bertz CT molecular complexity index is 221. The Hall–Kier alpha value is -0.873. The minimum Gasteiger partial charge on any atom is -0.361 e. The highest BCUT2D eigenvalue weighted by Crippen LogP contribution is 2.07. The van der Waals surface area contributed by atoms with Gasteiger partial charge in [-0.25, -0.2) is 0 Å². The lowest BCUT2D eigenvalue weighted by Gasteiger charge is -2.18. The first-order chi connectivity index (χ1) is 6.99. The van der Waals surface area contributed by atoms with Gasteiger partial charge in [-0.1, -0.05) is 32.3 Å². The van der Waals surface area contributed by atoms with Crippen molar-refractivity contribution < 1.29 is 4.74 Å². The molecule has 3 nitrogen and oxygen atoms in total. The highest BCUT2D eigenvalue weighted by Gasteiger charge is 2.11. The van der Waals surface area contributed by atoms with E-state index >= 15 is 0 Å². The first-order valence-electron chi connectivity index (χ1n) is 5.13. The van der Waals surface area contributed by atoms with Crippen LogP contribution in [-0.2, 0) is 4.74 Å². The van der Waals surface area contributed by atoms with Crippen LogP contribution >= 0.6 is 0 Å². The van der Waals surface area contributed by atoms with Gasteiger partial charge < -0.3 is 9.64 Å². The van der Waals surface area contributed by atoms with E-state index in [1.807, 2.05) is 0 Å². The van der Waals surface area contributed by atoms with E-state index in [0.717, 1.165) is 12.7 Å². The summed E-state index contributed by atoms with van der Waals surface area (Å²) in [5, 5.41) is 7.14. The normalized spacial score (nSPS) is 11.7. The number of allylic oxidation sites excluding steroid dienone is 2. The molecule has 0 heterocycles. The zero-order chi connectivity index (χ0) is 11.7. The lowest BCUT2D eigenvalue weighted by molar-refractivity contribution is 0.0952. The Labute approximate surface area is 93.9 Å². The topological polar surface area (TPSA) is 36.3 Å². The molecule has 1 N–H and O–H groups in total. The average molecular weight is 226 g/mol. The minimum atomic E-state index is -1.000. The molecule has 0 unspecified atom stereocenters. The molecular formula is C11H22N2OSi. The molecule has 0 amide bonds. The highest BCUT2D eigenvalue weighted by molar-refractivity contribution is 6.76. The molecule has 0 fully saturated rings. The summed E-state index contributed by atoms with van der Waals surface area (Å²) in [6.45, 7) is 11.8. The van der Waals surface area contributed by atoms with Gasteiger partial charge in [0, 0.05) is 20.9 Å². The molecule has 0 aliphatic rings. The highest BCUT2D eigenvalue weighted by atomic mass is 28.3. The number of ether oxygens (including phenoxy) is 1. The number of hydrogen-bond donors (Lipinski definition) is 1. The van der Waals surface area contributed by atoms with Crippen LogP contribution in [-0.4, -0.2) is 32.7 Å². The Morgan fingerprint density at radius 2 is 2.07 bits per heavy atom. The SMILES string of the molecule is C=C/C=C/N(C=N)COCC[Si](C)(C)C. The summed E-state index contributed by atoms with van der Waals surface area (Å²) in [5.41, 5.74) is 0. The van der Waals surface area contributed by atoms with Crippen molar-refractivity contribution >= 4 is 14.4 Å². The molecule has 15 heavy (non-hydrogen) atoms. The largest absolute Gasteiger partial charge is 0.361 e. The molecule has 0 bridgehead atoms. The van der Waals surface area contributed by atoms with Crippen molar-refractivity contribution in [2.45, 2.75) is 25.7 Å². The molecule has 0 saturated heterocycles. The van der Waals surface area contributed by atoms with Crippen molar-refractivity contribution in [1.82, 2.24) is 4.90 Å². The first-order valence-corrected chi connectivity index (χ1v) is 8.83. The third-order valence-electron chi connectivity index (χ3n) is 1.82. The fraction of sp³-hybridized carbons (Fsp3) is 0.545. The monoisotopic (exact) mass is 226 g/mol. The molecule has 0 aromatic carbocycles. The zero-order valence-corrected chi connectivity index (χ0v) is 11.0. The molecule has 0 aromatic rings. The molecule has 86 valence electrons. The van der Waals surface area contributed by atoms with Crippen molar-refractivity contribution in [2.24, 2.45) is 0 Å². The molecule has 4 heteroatoms. The van der Waals surface area contributed by atoms with E-state index in [-0.39, 0.29) is 0 Å². The van der Waals surface area contributed by atoms with Crippen LogP contribution in [0.5, 0.6) is 0 Å². The van der Waals surface area contributed by atoms with Gasteiger partial charge in [-0.15, -0.1) is 0 Å². The van der Waals surface area contributed by atoms with Crippen LogP contribution in [0.2, 0.25) is 25.7 Å². The maximum atomic E-state index is 7.14. The quantitative estimate of drug-likeness (QED) is 0.172. The van der Waals surface area contributed by atoms with Gasteiger partial charge in [-0.3, -0.25) is 5.41 Å². The lowest BCUT2D eigenvalue weighted by atomic mass is 10.6. The van der Waals surface area contributed by atoms with Crippen LogP contribution in [0, 0.1) is 5.41 Å². The van der Waals surface area contributed by atoms with E-state index in [1.54, 1.807) is 23.3 Å². The van der Waals surface area contributed by atoms with Crippen molar-refractivity contribution in [3.63, 3.8) is 0 Å².